The van der Waals surface area contributed by atoms with E-state index in [0.29, 0.717) is 4.90 Å². The van der Waals surface area contributed by atoms with E-state index < -0.39 is 36.9 Å². The van der Waals surface area contributed by atoms with E-state index in [1.54, 1.807) is 0 Å². The first kappa shape index (κ1) is 17.3. The van der Waals surface area contributed by atoms with Crippen molar-refractivity contribution in [2.75, 3.05) is 13.1 Å². The molecule has 0 aromatic carbocycles. The topological polar surface area (TPSA) is 46.6 Å². The molecule has 0 aliphatic carbocycles. The third kappa shape index (κ3) is 5.27. The summed E-state index contributed by atoms with van der Waals surface area (Å²) in [5.41, 5.74) is 0. The number of ether oxygens (including phenoxy) is 1. The highest BCUT2D eigenvalue weighted by Crippen LogP contribution is 2.22. The SMILES string of the molecule is O=C(OC1C=CCCN(C(=O)C(F)(F)F)CC1)C(F)(F)F. The van der Waals surface area contributed by atoms with E-state index in [-0.39, 0.29) is 19.4 Å². The molecule has 0 aromatic heterocycles. The molecule has 4 nitrogen and oxygen atoms in total. The molecule has 0 aromatic rings. The number of rotatable bonds is 1. The minimum Gasteiger partial charge on any atom is -0.451 e. The predicted molar refractivity (Wildman–Crippen MR) is 56.9 cm³/mol. The first-order valence-corrected chi connectivity index (χ1v) is 5.82. The molecule has 0 N–H and O–H groups in total. The fraction of sp³-hybridized carbons (Fsp3) is 0.636. The molecule has 1 aliphatic heterocycles. The van der Waals surface area contributed by atoms with Crippen molar-refractivity contribution in [3.8, 4) is 0 Å². The normalized spacial score (nSPS) is 20.7. The summed E-state index contributed by atoms with van der Waals surface area (Å²) in [7, 11) is 0. The number of hydrogen-bond acceptors (Lipinski definition) is 3. The molecule has 1 aliphatic rings. The molecule has 0 spiro atoms. The lowest BCUT2D eigenvalue weighted by Crippen LogP contribution is -2.43. The van der Waals surface area contributed by atoms with Crippen molar-refractivity contribution >= 4 is 11.9 Å². The Labute approximate surface area is 115 Å². The Bertz CT molecular complexity index is 429. The third-order valence-corrected chi connectivity index (χ3v) is 2.62. The summed E-state index contributed by atoms with van der Waals surface area (Å²) in [6.07, 6.45) is -9.47. The lowest BCUT2D eigenvalue weighted by Gasteiger charge is -2.26. The van der Waals surface area contributed by atoms with Crippen LogP contribution in [0.4, 0.5) is 26.3 Å². The Kier molecular flexibility index (Phi) is 5.24. The van der Waals surface area contributed by atoms with E-state index in [1.807, 2.05) is 0 Å². The van der Waals surface area contributed by atoms with Crippen molar-refractivity contribution in [2.45, 2.75) is 31.3 Å². The molecule has 0 radical (unpaired) electrons. The summed E-state index contributed by atoms with van der Waals surface area (Å²) in [5.74, 6) is -4.50. The first-order valence-electron chi connectivity index (χ1n) is 5.82. The monoisotopic (exact) mass is 319 g/mol. The Morgan fingerprint density at radius 3 is 2.19 bits per heavy atom. The molecule has 10 heteroatoms. The van der Waals surface area contributed by atoms with Crippen LogP contribution in [0.5, 0.6) is 0 Å². The van der Waals surface area contributed by atoms with Crippen molar-refractivity contribution in [1.29, 1.82) is 0 Å². The second-order valence-corrected chi connectivity index (χ2v) is 4.24. The molecule has 1 heterocycles. The number of carbonyl (C=O) groups excluding carboxylic acids is 2. The molecule has 0 fully saturated rings. The van der Waals surface area contributed by atoms with Crippen LogP contribution in [0.2, 0.25) is 0 Å². The Balaban J connectivity index is 2.68. The molecule has 120 valence electrons. The highest BCUT2D eigenvalue weighted by Gasteiger charge is 2.44. The van der Waals surface area contributed by atoms with Crippen LogP contribution in [0.3, 0.4) is 0 Å². The van der Waals surface area contributed by atoms with E-state index in [1.165, 1.54) is 12.2 Å². The van der Waals surface area contributed by atoms with Crippen molar-refractivity contribution in [3.63, 3.8) is 0 Å². The van der Waals surface area contributed by atoms with Gasteiger partial charge in [-0.2, -0.15) is 26.3 Å². The average molecular weight is 319 g/mol. The molecule has 21 heavy (non-hydrogen) atoms. The zero-order valence-electron chi connectivity index (χ0n) is 10.5. The second-order valence-electron chi connectivity index (χ2n) is 4.24. The van der Waals surface area contributed by atoms with Gasteiger partial charge in [-0.05, 0) is 12.5 Å². The van der Waals surface area contributed by atoms with Crippen LogP contribution in [0.25, 0.3) is 0 Å². The van der Waals surface area contributed by atoms with Crippen LogP contribution in [0, 0.1) is 0 Å². The lowest BCUT2D eigenvalue weighted by molar-refractivity contribution is -0.203. The molecular weight excluding hydrogens is 308 g/mol. The van der Waals surface area contributed by atoms with Gasteiger partial charge in [-0.15, -0.1) is 0 Å². The summed E-state index contributed by atoms with van der Waals surface area (Å²) < 4.78 is 77.1. The van der Waals surface area contributed by atoms with Crippen molar-refractivity contribution in [1.82, 2.24) is 4.90 Å². The van der Waals surface area contributed by atoms with Gasteiger partial charge in [0, 0.05) is 19.5 Å². The van der Waals surface area contributed by atoms with Gasteiger partial charge < -0.3 is 9.64 Å². The van der Waals surface area contributed by atoms with Gasteiger partial charge in [0.15, 0.2) is 0 Å². The molecule has 1 rings (SSSR count). The summed E-state index contributed by atoms with van der Waals surface area (Å²) in [4.78, 5) is 22.2. The zero-order chi connectivity index (χ0) is 16.3. The number of halogens is 6. The number of amides is 1. The van der Waals surface area contributed by atoms with Crippen LogP contribution in [-0.4, -0.2) is 48.3 Å². The lowest BCUT2D eigenvalue weighted by atomic mass is 10.1. The van der Waals surface area contributed by atoms with Gasteiger partial charge >= 0.3 is 24.2 Å². The summed E-state index contributed by atoms with van der Waals surface area (Å²) >= 11 is 0. The van der Waals surface area contributed by atoms with Crippen LogP contribution < -0.4 is 0 Å². The van der Waals surface area contributed by atoms with Gasteiger partial charge in [0.25, 0.3) is 0 Å². The highest BCUT2D eigenvalue weighted by molar-refractivity contribution is 5.81. The Morgan fingerprint density at radius 1 is 1.05 bits per heavy atom. The number of hydrogen-bond donors (Lipinski definition) is 0. The summed E-state index contributed by atoms with van der Waals surface area (Å²) in [6.45, 7) is -0.673. The molecule has 0 saturated heterocycles. The van der Waals surface area contributed by atoms with E-state index >= 15 is 0 Å². The molecular formula is C11H11F6NO3. The largest absolute Gasteiger partial charge is 0.490 e. The number of nitrogens with zero attached hydrogens (tertiary/aromatic N) is 1. The van der Waals surface area contributed by atoms with Gasteiger partial charge in [0.1, 0.15) is 6.10 Å². The van der Waals surface area contributed by atoms with Crippen molar-refractivity contribution < 1.29 is 40.7 Å². The van der Waals surface area contributed by atoms with E-state index in [9.17, 15) is 35.9 Å². The highest BCUT2D eigenvalue weighted by atomic mass is 19.4. The average Bonchev–Trinajstić information content (AvgIpc) is 2.29. The standard InChI is InChI=1S/C11H11F6NO3/c12-10(13,14)8(19)18-5-2-1-3-7(4-6-18)21-9(20)11(15,16)17/h1,3,7H,2,4-6H2. The van der Waals surface area contributed by atoms with Gasteiger partial charge in [0.2, 0.25) is 0 Å². The van der Waals surface area contributed by atoms with E-state index in [2.05, 4.69) is 4.74 Å². The van der Waals surface area contributed by atoms with Gasteiger partial charge in [-0.25, -0.2) is 4.79 Å². The van der Waals surface area contributed by atoms with Crippen molar-refractivity contribution in [3.05, 3.63) is 12.2 Å². The van der Waals surface area contributed by atoms with Gasteiger partial charge in [-0.1, -0.05) is 6.08 Å². The van der Waals surface area contributed by atoms with Crippen LogP contribution in [0.15, 0.2) is 12.2 Å². The van der Waals surface area contributed by atoms with Crippen molar-refractivity contribution in [2.24, 2.45) is 0 Å². The smallest absolute Gasteiger partial charge is 0.451 e. The van der Waals surface area contributed by atoms with Gasteiger partial charge in [-0.3, -0.25) is 4.79 Å². The maximum Gasteiger partial charge on any atom is 0.490 e. The molecule has 1 unspecified atom stereocenters. The second kappa shape index (κ2) is 6.35. The minimum absolute atomic E-state index is 0.0158. The van der Waals surface area contributed by atoms with Crippen LogP contribution in [-0.2, 0) is 14.3 Å². The van der Waals surface area contributed by atoms with Crippen LogP contribution in [0.1, 0.15) is 12.8 Å². The maximum absolute atomic E-state index is 12.3. The van der Waals surface area contributed by atoms with Crippen LogP contribution >= 0.6 is 0 Å². The minimum atomic E-state index is -5.18. The van der Waals surface area contributed by atoms with Gasteiger partial charge in [0.05, 0.1) is 0 Å². The quantitative estimate of drug-likeness (QED) is 0.423. The fourth-order valence-corrected chi connectivity index (χ4v) is 1.65. The van der Waals surface area contributed by atoms with E-state index in [4.69, 9.17) is 0 Å². The third-order valence-electron chi connectivity index (χ3n) is 2.62. The molecule has 1 atom stereocenters. The molecule has 0 bridgehead atoms. The summed E-state index contributed by atoms with van der Waals surface area (Å²) in [6, 6.07) is 0. The fourth-order valence-electron chi connectivity index (χ4n) is 1.65. The van der Waals surface area contributed by atoms with E-state index in [0.717, 1.165) is 0 Å². The summed E-state index contributed by atoms with van der Waals surface area (Å²) in [5, 5.41) is 0. The maximum atomic E-state index is 12.3. The molecule has 1 amide bonds. The first-order chi connectivity index (χ1) is 9.51. The number of esters is 1. The number of carbonyl (C=O) groups is 2. The Morgan fingerprint density at radius 2 is 1.67 bits per heavy atom. The Hall–Kier alpha value is -1.74. The molecule has 0 saturated carbocycles. The zero-order valence-corrected chi connectivity index (χ0v) is 10.5. The number of alkyl halides is 6. The predicted octanol–water partition coefficient (Wildman–Crippen LogP) is 2.20.